The summed E-state index contributed by atoms with van der Waals surface area (Å²) >= 11 is 0. The molecule has 3 heteroatoms. The lowest BCUT2D eigenvalue weighted by molar-refractivity contribution is -0.143. The molecule has 0 N–H and O–H groups in total. The zero-order valence-electron chi connectivity index (χ0n) is 11.9. The van der Waals surface area contributed by atoms with Gasteiger partial charge in [0.25, 0.3) is 0 Å². The molecule has 0 amide bonds. The van der Waals surface area contributed by atoms with Gasteiger partial charge in [0, 0.05) is 12.0 Å². The minimum atomic E-state index is -0.313. The zero-order chi connectivity index (χ0) is 14.3. The maximum absolute atomic E-state index is 11.9. The lowest BCUT2D eigenvalue weighted by Crippen LogP contribution is -2.08. The SMILES string of the molecule is CCOC(=O)CCC(=O)c1ccc(CC(C)C)cc1. The van der Waals surface area contributed by atoms with Crippen molar-refractivity contribution in [2.45, 2.75) is 40.0 Å². The van der Waals surface area contributed by atoms with Crippen molar-refractivity contribution < 1.29 is 14.3 Å². The Hall–Kier alpha value is -1.64. The number of rotatable bonds is 7. The average Bonchev–Trinajstić information content (AvgIpc) is 2.36. The summed E-state index contributed by atoms with van der Waals surface area (Å²) in [6, 6.07) is 7.64. The van der Waals surface area contributed by atoms with Crippen molar-refractivity contribution in [3.05, 3.63) is 35.4 Å². The van der Waals surface area contributed by atoms with Crippen molar-refractivity contribution in [1.29, 1.82) is 0 Å². The summed E-state index contributed by atoms with van der Waals surface area (Å²) < 4.78 is 4.80. The average molecular weight is 262 g/mol. The standard InChI is InChI=1S/C16H22O3/c1-4-19-16(18)10-9-15(17)14-7-5-13(6-8-14)11-12(2)3/h5-8,12H,4,9-11H2,1-3H3. The van der Waals surface area contributed by atoms with Crippen LogP contribution in [0, 0.1) is 5.92 Å². The summed E-state index contributed by atoms with van der Waals surface area (Å²) in [6.07, 6.45) is 1.38. The van der Waals surface area contributed by atoms with Crippen LogP contribution in [0.1, 0.15) is 49.5 Å². The molecule has 0 radical (unpaired) electrons. The number of Topliss-reactive ketones (excluding diaryl/α,β-unsaturated/α-hetero) is 1. The number of ketones is 1. The van der Waals surface area contributed by atoms with Crippen LogP contribution in [-0.4, -0.2) is 18.4 Å². The van der Waals surface area contributed by atoms with Gasteiger partial charge < -0.3 is 4.74 Å². The van der Waals surface area contributed by atoms with Crippen LogP contribution in [0.5, 0.6) is 0 Å². The second-order valence-electron chi connectivity index (χ2n) is 5.02. The first kappa shape index (κ1) is 15.4. The molecule has 1 aromatic rings. The van der Waals surface area contributed by atoms with Gasteiger partial charge in [-0.25, -0.2) is 0 Å². The van der Waals surface area contributed by atoms with Gasteiger partial charge in [0.1, 0.15) is 0 Å². The second kappa shape index (κ2) is 7.72. The Balaban J connectivity index is 2.51. The Morgan fingerprint density at radius 3 is 2.26 bits per heavy atom. The molecule has 0 fully saturated rings. The van der Waals surface area contributed by atoms with Crippen LogP contribution in [0.25, 0.3) is 0 Å². The van der Waals surface area contributed by atoms with Gasteiger partial charge in [-0.15, -0.1) is 0 Å². The van der Waals surface area contributed by atoms with Gasteiger partial charge in [0.05, 0.1) is 13.0 Å². The molecule has 0 atom stereocenters. The van der Waals surface area contributed by atoms with E-state index in [1.165, 1.54) is 5.56 Å². The molecule has 0 spiro atoms. The minimum Gasteiger partial charge on any atom is -0.466 e. The predicted octanol–water partition coefficient (Wildman–Crippen LogP) is 3.41. The number of esters is 1. The van der Waals surface area contributed by atoms with E-state index in [1.54, 1.807) is 6.92 Å². The molecule has 104 valence electrons. The lowest BCUT2D eigenvalue weighted by atomic mass is 9.99. The first-order valence-corrected chi connectivity index (χ1v) is 6.80. The highest BCUT2D eigenvalue weighted by Gasteiger charge is 2.10. The topological polar surface area (TPSA) is 43.4 Å². The van der Waals surface area contributed by atoms with Crippen molar-refractivity contribution in [1.82, 2.24) is 0 Å². The van der Waals surface area contributed by atoms with Crippen molar-refractivity contribution in [2.24, 2.45) is 5.92 Å². The fraction of sp³-hybridized carbons (Fsp3) is 0.500. The molecule has 0 aliphatic rings. The highest BCUT2D eigenvalue weighted by atomic mass is 16.5. The quantitative estimate of drug-likeness (QED) is 0.558. The highest BCUT2D eigenvalue weighted by molar-refractivity contribution is 5.97. The summed E-state index contributed by atoms with van der Waals surface area (Å²) in [5.74, 6) is 0.279. The highest BCUT2D eigenvalue weighted by Crippen LogP contribution is 2.12. The summed E-state index contributed by atoms with van der Waals surface area (Å²) in [5.41, 5.74) is 1.90. The lowest BCUT2D eigenvalue weighted by Gasteiger charge is -2.06. The monoisotopic (exact) mass is 262 g/mol. The van der Waals surface area contributed by atoms with Gasteiger partial charge in [-0.05, 0) is 24.8 Å². The Labute approximate surface area is 115 Å². The van der Waals surface area contributed by atoms with E-state index in [-0.39, 0.29) is 24.6 Å². The van der Waals surface area contributed by atoms with Crippen LogP contribution < -0.4 is 0 Å². The van der Waals surface area contributed by atoms with E-state index < -0.39 is 0 Å². The van der Waals surface area contributed by atoms with E-state index in [4.69, 9.17) is 4.74 Å². The third kappa shape index (κ3) is 5.69. The van der Waals surface area contributed by atoms with Crippen molar-refractivity contribution in [3.63, 3.8) is 0 Å². The number of carbonyl (C=O) groups is 2. The van der Waals surface area contributed by atoms with Crippen LogP contribution in [0.3, 0.4) is 0 Å². The predicted molar refractivity (Wildman–Crippen MR) is 75.2 cm³/mol. The van der Waals surface area contributed by atoms with Crippen LogP contribution in [-0.2, 0) is 16.0 Å². The Morgan fingerprint density at radius 2 is 1.74 bits per heavy atom. The van der Waals surface area contributed by atoms with Crippen LogP contribution in [0.4, 0.5) is 0 Å². The van der Waals surface area contributed by atoms with E-state index in [0.717, 1.165) is 6.42 Å². The smallest absolute Gasteiger partial charge is 0.306 e. The van der Waals surface area contributed by atoms with E-state index >= 15 is 0 Å². The minimum absolute atomic E-state index is 0.0100. The molecule has 1 aromatic carbocycles. The van der Waals surface area contributed by atoms with E-state index in [2.05, 4.69) is 13.8 Å². The number of carbonyl (C=O) groups excluding carboxylic acids is 2. The van der Waals surface area contributed by atoms with Gasteiger partial charge >= 0.3 is 5.97 Å². The third-order valence-electron chi connectivity index (χ3n) is 2.78. The first-order valence-electron chi connectivity index (χ1n) is 6.80. The largest absolute Gasteiger partial charge is 0.466 e. The van der Waals surface area contributed by atoms with Crippen LogP contribution >= 0.6 is 0 Å². The maximum Gasteiger partial charge on any atom is 0.306 e. The molecule has 1 rings (SSSR count). The number of ether oxygens (including phenoxy) is 1. The molecular weight excluding hydrogens is 240 g/mol. The molecule has 19 heavy (non-hydrogen) atoms. The van der Waals surface area contributed by atoms with E-state index in [1.807, 2.05) is 24.3 Å². The van der Waals surface area contributed by atoms with Crippen LogP contribution in [0.15, 0.2) is 24.3 Å². The normalized spacial score (nSPS) is 10.5. The summed E-state index contributed by atoms with van der Waals surface area (Å²) in [5, 5.41) is 0. The van der Waals surface area contributed by atoms with Gasteiger partial charge in [0.15, 0.2) is 5.78 Å². The van der Waals surface area contributed by atoms with Gasteiger partial charge in [0.2, 0.25) is 0 Å². The Morgan fingerprint density at radius 1 is 1.11 bits per heavy atom. The molecule has 0 saturated carbocycles. The molecule has 0 aromatic heterocycles. The van der Waals surface area contributed by atoms with Gasteiger partial charge in [-0.2, -0.15) is 0 Å². The van der Waals surface area contributed by atoms with E-state index in [0.29, 0.717) is 18.1 Å². The molecule has 0 aliphatic carbocycles. The molecule has 0 heterocycles. The summed E-state index contributed by atoms with van der Waals surface area (Å²) in [4.78, 5) is 23.1. The molecule has 0 unspecified atom stereocenters. The van der Waals surface area contributed by atoms with Gasteiger partial charge in [-0.3, -0.25) is 9.59 Å². The maximum atomic E-state index is 11.9. The number of hydrogen-bond donors (Lipinski definition) is 0. The molecule has 0 aliphatic heterocycles. The third-order valence-corrected chi connectivity index (χ3v) is 2.78. The molecule has 3 nitrogen and oxygen atoms in total. The molecule has 0 bridgehead atoms. The van der Waals surface area contributed by atoms with Crippen molar-refractivity contribution in [2.75, 3.05) is 6.61 Å². The van der Waals surface area contributed by atoms with Crippen LogP contribution in [0.2, 0.25) is 0 Å². The Bertz CT molecular complexity index is 418. The first-order chi connectivity index (χ1) is 9.02. The van der Waals surface area contributed by atoms with Gasteiger partial charge in [-0.1, -0.05) is 38.1 Å². The second-order valence-corrected chi connectivity index (χ2v) is 5.02. The fourth-order valence-corrected chi connectivity index (χ4v) is 1.89. The fourth-order valence-electron chi connectivity index (χ4n) is 1.89. The molecular formula is C16H22O3. The van der Waals surface area contributed by atoms with Crippen molar-refractivity contribution >= 4 is 11.8 Å². The molecule has 0 saturated heterocycles. The summed E-state index contributed by atoms with van der Waals surface area (Å²) in [6.45, 7) is 6.45. The summed E-state index contributed by atoms with van der Waals surface area (Å²) in [7, 11) is 0. The zero-order valence-corrected chi connectivity index (χ0v) is 11.9. The van der Waals surface area contributed by atoms with E-state index in [9.17, 15) is 9.59 Å². The number of benzene rings is 1. The Kier molecular flexibility index (Phi) is 6.26. The van der Waals surface area contributed by atoms with Crippen molar-refractivity contribution in [3.8, 4) is 0 Å². The number of hydrogen-bond acceptors (Lipinski definition) is 3.